The standard InChI is InChI=1S/C31H26BrNO7/c1-40-25-9-4-16(12-23(25)35)26-18-7-8-19-27(20(18)13-21-28(26)24(36)14-22(32)29(21)37)31(39)33(30(19)38)11-10-15-2-5-17(34)6-3-15/h2-7,9,12,14,19-20,26-27,34-35H,8,10-11,13H2,1H3. The average Bonchev–Trinajstić information content (AvgIpc) is 3.19. The van der Waals surface area contributed by atoms with Crippen molar-refractivity contribution in [1.29, 1.82) is 0 Å². The van der Waals surface area contributed by atoms with Gasteiger partial charge in [0.1, 0.15) is 5.75 Å². The third-order valence-corrected chi connectivity index (χ3v) is 9.11. The second kappa shape index (κ2) is 9.89. The van der Waals surface area contributed by atoms with Crippen molar-refractivity contribution in [3.8, 4) is 17.2 Å². The number of hydrogen-bond acceptors (Lipinski definition) is 7. The first-order valence-electron chi connectivity index (χ1n) is 13.1. The Morgan fingerprint density at radius 1 is 1.00 bits per heavy atom. The Hall–Kier alpha value is -3.98. The number of carbonyl (C=O) groups is 4. The van der Waals surface area contributed by atoms with Gasteiger partial charge in [-0.2, -0.15) is 0 Å². The lowest BCUT2D eigenvalue weighted by atomic mass is 9.59. The summed E-state index contributed by atoms with van der Waals surface area (Å²) in [6.07, 6.45) is 4.20. The molecular formula is C31H26BrNO7. The van der Waals surface area contributed by atoms with Crippen LogP contribution >= 0.6 is 15.9 Å². The van der Waals surface area contributed by atoms with Gasteiger partial charge in [0.2, 0.25) is 11.8 Å². The molecule has 4 atom stereocenters. The van der Waals surface area contributed by atoms with E-state index in [4.69, 9.17) is 4.74 Å². The van der Waals surface area contributed by atoms with Crippen molar-refractivity contribution >= 4 is 39.3 Å². The second-order valence-corrected chi connectivity index (χ2v) is 11.4. The number of likely N-dealkylation sites (tertiary alicyclic amines) is 1. The minimum absolute atomic E-state index is 0.0996. The third kappa shape index (κ3) is 4.11. The summed E-state index contributed by atoms with van der Waals surface area (Å²) >= 11 is 3.23. The van der Waals surface area contributed by atoms with Crippen molar-refractivity contribution in [2.75, 3.05) is 13.7 Å². The fourth-order valence-electron chi connectivity index (χ4n) is 6.66. The van der Waals surface area contributed by atoms with Gasteiger partial charge in [-0.3, -0.25) is 24.1 Å². The zero-order valence-electron chi connectivity index (χ0n) is 21.6. The van der Waals surface area contributed by atoms with Crippen LogP contribution in [0.3, 0.4) is 0 Å². The van der Waals surface area contributed by atoms with Crippen LogP contribution in [0.4, 0.5) is 0 Å². The molecule has 40 heavy (non-hydrogen) atoms. The van der Waals surface area contributed by atoms with Gasteiger partial charge in [0.15, 0.2) is 23.1 Å². The molecule has 0 spiro atoms. The number of amides is 2. The van der Waals surface area contributed by atoms with Crippen LogP contribution in [-0.4, -0.2) is 52.1 Å². The number of methoxy groups -OCH3 is 1. The van der Waals surface area contributed by atoms with Crippen LogP contribution in [0.5, 0.6) is 17.2 Å². The summed E-state index contributed by atoms with van der Waals surface area (Å²) in [6, 6.07) is 11.5. The van der Waals surface area contributed by atoms with Crippen LogP contribution in [0.1, 0.15) is 29.9 Å². The zero-order valence-corrected chi connectivity index (χ0v) is 23.2. The molecule has 2 aromatic carbocycles. The molecule has 3 aliphatic carbocycles. The normalized spacial score (nSPS) is 25.8. The van der Waals surface area contributed by atoms with Crippen LogP contribution in [0.25, 0.3) is 0 Å². The van der Waals surface area contributed by atoms with Crippen molar-refractivity contribution in [3.63, 3.8) is 0 Å². The number of hydrogen-bond donors (Lipinski definition) is 2. The maximum atomic E-state index is 13.8. The first-order valence-corrected chi connectivity index (χ1v) is 13.9. The molecule has 1 heterocycles. The quantitative estimate of drug-likeness (QED) is 0.300. The topological polar surface area (TPSA) is 121 Å². The van der Waals surface area contributed by atoms with Crippen molar-refractivity contribution in [2.24, 2.45) is 17.8 Å². The maximum absolute atomic E-state index is 13.8. The van der Waals surface area contributed by atoms with Gasteiger partial charge in [0.25, 0.3) is 0 Å². The molecule has 1 saturated heterocycles. The van der Waals surface area contributed by atoms with Gasteiger partial charge < -0.3 is 14.9 Å². The maximum Gasteiger partial charge on any atom is 0.233 e. The summed E-state index contributed by atoms with van der Waals surface area (Å²) in [5.74, 6) is -3.06. The lowest BCUT2D eigenvalue weighted by molar-refractivity contribution is -0.140. The number of rotatable bonds is 5. The summed E-state index contributed by atoms with van der Waals surface area (Å²) in [5.41, 5.74) is 3.00. The number of allylic oxidation sites excluding steroid dienone is 6. The van der Waals surface area contributed by atoms with E-state index in [0.717, 1.165) is 11.1 Å². The third-order valence-electron chi connectivity index (χ3n) is 8.52. The number of phenols is 2. The number of aromatic hydroxyl groups is 2. The molecule has 1 aliphatic heterocycles. The SMILES string of the molecule is COc1ccc(C2C3=CCC4C(=O)N(CCc5ccc(O)cc5)C(=O)C4C3CC3=C2C(=O)C=C(Br)C3=O)cc1O. The van der Waals surface area contributed by atoms with E-state index in [1.165, 1.54) is 24.2 Å². The van der Waals surface area contributed by atoms with E-state index in [2.05, 4.69) is 15.9 Å². The number of ketones is 2. The predicted molar refractivity (Wildman–Crippen MR) is 148 cm³/mol. The molecule has 6 rings (SSSR count). The Kier molecular flexibility index (Phi) is 6.49. The lowest BCUT2D eigenvalue weighted by Gasteiger charge is -2.42. The van der Waals surface area contributed by atoms with E-state index >= 15 is 0 Å². The fraction of sp³-hybridized carbons (Fsp3) is 0.290. The van der Waals surface area contributed by atoms with Crippen LogP contribution in [0.2, 0.25) is 0 Å². The molecule has 4 unspecified atom stereocenters. The van der Waals surface area contributed by atoms with E-state index in [9.17, 15) is 29.4 Å². The Labute approximate surface area is 238 Å². The van der Waals surface area contributed by atoms with E-state index in [0.29, 0.717) is 29.6 Å². The molecule has 8 nitrogen and oxygen atoms in total. The smallest absolute Gasteiger partial charge is 0.233 e. The number of ether oxygens (including phenoxy) is 1. The van der Waals surface area contributed by atoms with Crippen molar-refractivity contribution in [1.82, 2.24) is 4.90 Å². The molecule has 2 amide bonds. The van der Waals surface area contributed by atoms with Gasteiger partial charge in [-0.1, -0.05) is 29.8 Å². The number of Topliss-reactive ketones (excluding diaryl/α,β-unsaturated/α-hetero) is 1. The van der Waals surface area contributed by atoms with Gasteiger partial charge in [-0.15, -0.1) is 0 Å². The van der Waals surface area contributed by atoms with Gasteiger partial charge in [0, 0.05) is 29.7 Å². The van der Waals surface area contributed by atoms with Gasteiger partial charge >= 0.3 is 0 Å². The monoisotopic (exact) mass is 603 g/mol. The van der Waals surface area contributed by atoms with Gasteiger partial charge in [-0.25, -0.2) is 0 Å². The highest BCUT2D eigenvalue weighted by molar-refractivity contribution is 9.12. The van der Waals surface area contributed by atoms with E-state index in [1.54, 1.807) is 36.4 Å². The molecule has 0 radical (unpaired) electrons. The minimum atomic E-state index is -0.650. The zero-order chi connectivity index (χ0) is 28.3. The largest absolute Gasteiger partial charge is 0.508 e. The average molecular weight is 604 g/mol. The first-order chi connectivity index (χ1) is 19.2. The summed E-state index contributed by atoms with van der Waals surface area (Å²) in [6.45, 7) is 0.215. The Bertz CT molecular complexity index is 1570. The van der Waals surface area contributed by atoms with Gasteiger partial charge in [-0.05, 0) is 76.5 Å². The highest BCUT2D eigenvalue weighted by Gasteiger charge is 2.56. The van der Waals surface area contributed by atoms with Crippen LogP contribution < -0.4 is 4.74 Å². The molecular weight excluding hydrogens is 578 g/mol. The van der Waals surface area contributed by atoms with Crippen LogP contribution in [0.15, 0.2) is 75.8 Å². The summed E-state index contributed by atoms with van der Waals surface area (Å²) < 4.78 is 5.36. The number of carbonyl (C=O) groups excluding carboxylic acids is 4. The highest BCUT2D eigenvalue weighted by Crippen LogP contribution is 2.55. The van der Waals surface area contributed by atoms with Crippen molar-refractivity contribution in [3.05, 3.63) is 86.9 Å². The molecule has 0 saturated carbocycles. The molecule has 204 valence electrons. The summed E-state index contributed by atoms with van der Waals surface area (Å²) in [5, 5.41) is 20.1. The van der Waals surface area contributed by atoms with Gasteiger partial charge in [0.05, 0.1) is 23.4 Å². The van der Waals surface area contributed by atoms with Crippen molar-refractivity contribution < 1.29 is 34.1 Å². The molecule has 1 fully saturated rings. The van der Waals surface area contributed by atoms with Crippen LogP contribution in [0, 0.1) is 17.8 Å². The molecule has 2 aromatic rings. The summed E-state index contributed by atoms with van der Waals surface area (Å²) in [4.78, 5) is 55.2. The van der Waals surface area contributed by atoms with Crippen molar-refractivity contribution in [2.45, 2.75) is 25.2 Å². The predicted octanol–water partition coefficient (Wildman–Crippen LogP) is 4.11. The lowest BCUT2D eigenvalue weighted by Crippen LogP contribution is -2.39. The fourth-order valence-corrected chi connectivity index (χ4v) is 7.11. The van der Waals surface area contributed by atoms with Crippen LogP contribution in [-0.2, 0) is 25.6 Å². The summed E-state index contributed by atoms with van der Waals surface area (Å²) in [7, 11) is 1.44. The molecule has 9 heteroatoms. The molecule has 4 aliphatic rings. The number of fused-ring (bicyclic) bond motifs is 3. The minimum Gasteiger partial charge on any atom is -0.508 e. The Morgan fingerprint density at radius 3 is 2.45 bits per heavy atom. The number of nitrogens with zero attached hydrogens (tertiary/aromatic N) is 1. The first kappa shape index (κ1) is 26.3. The van der Waals surface area contributed by atoms with E-state index in [1.807, 2.05) is 6.08 Å². The number of imide groups is 1. The Balaban J connectivity index is 1.38. The second-order valence-electron chi connectivity index (χ2n) is 10.6. The Morgan fingerprint density at radius 2 is 1.75 bits per heavy atom. The highest BCUT2D eigenvalue weighted by atomic mass is 79.9. The number of halogens is 1. The van der Waals surface area contributed by atoms with E-state index in [-0.39, 0.29) is 58.1 Å². The molecule has 2 N–H and O–H groups in total. The molecule has 0 bridgehead atoms. The van der Waals surface area contributed by atoms with E-state index < -0.39 is 23.7 Å². The molecule has 0 aromatic heterocycles. The number of benzene rings is 2. The number of phenolic OH excluding ortho intramolecular Hbond substituents is 2.